The second-order valence-corrected chi connectivity index (χ2v) is 21.0. The van der Waals surface area contributed by atoms with E-state index in [9.17, 15) is 0 Å². The summed E-state index contributed by atoms with van der Waals surface area (Å²) in [4.78, 5) is 0. The van der Waals surface area contributed by atoms with Crippen molar-refractivity contribution in [2.45, 2.75) is 27.7 Å². The predicted octanol–water partition coefficient (Wildman–Crippen LogP) is 15.0. The van der Waals surface area contributed by atoms with Gasteiger partial charge in [0.1, 0.15) is 0 Å². The van der Waals surface area contributed by atoms with Crippen molar-refractivity contribution in [3.8, 4) is 66.8 Å². The average molecular weight is 837 g/mol. The number of allylic oxidation sites excluding steroid dienone is 4. The average Bonchev–Trinajstić information content (AvgIpc) is 3.57. The Bertz CT molecular complexity index is 2840. The van der Waals surface area contributed by atoms with Crippen LogP contribution in [0.3, 0.4) is 0 Å². The molecule has 64 heavy (non-hydrogen) atoms. The first kappa shape index (κ1) is 40.7. The molecule has 10 rings (SSSR count). The standard InChI is InChI=1S/C63H52Si/c1-44-45(2)47(4)63(46(44)3)64(60-41-54(48-23-11-5-12-24-48)35-38-57(60)51-29-17-8-18-30-51,61-42-55(49-25-13-6-14-26-49)36-39-58(61)52-31-19-9-20-32-52)62-43-56(50-27-15-7-16-28-50)37-40-59(62)53-33-21-10-22-34-53/h5-43,46H,1-4H3. The van der Waals surface area contributed by atoms with Crippen LogP contribution in [0.5, 0.6) is 0 Å². The van der Waals surface area contributed by atoms with Crippen LogP contribution in [0.4, 0.5) is 0 Å². The molecule has 0 radical (unpaired) electrons. The Morgan fingerprint density at radius 3 is 0.797 bits per heavy atom. The molecule has 1 atom stereocenters. The van der Waals surface area contributed by atoms with E-state index in [2.05, 4.69) is 264 Å². The molecule has 0 bridgehead atoms. The van der Waals surface area contributed by atoms with Crippen molar-refractivity contribution in [1.82, 2.24) is 0 Å². The zero-order valence-electron chi connectivity index (χ0n) is 37.1. The van der Waals surface area contributed by atoms with Gasteiger partial charge >= 0.3 is 0 Å². The van der Waals surface area contributed by atoms with E-state index in [1.807, 2.05) is 0 Å². The summed E-state index contributed by atoms with van der Waals surface area (Å²) in [5.74, 6) is 0.184. The van der Waals surface area contributed by atoms with E-state index in [0.29, 0.717) is 0 Å². The first-order valence-corrected chi connectivity index (χ1v) is 24.6. The third-order valence-electron chi connectivity index (χ3n) is 13.9. The lowest BCUT2D eigenvalue weighted by atomic mass is 9.99. The normalized spacial score (nSPS) is 14.0. The van der Waals surface area contributed by atoms with Crippen LogP contribution in [0.25, 0.3) is 66.8 Å². The highest BCUT2D eigenvalue weighted by molar-refractivity contribution is 7.18. The summed E-state index contributed by atoms with van der Waals surface area (Å²) in [6.07, 6.45) is 0. The van der Waals surface area contributed by atoms with Gasteiger partial charge in [0.25, 0.3) is 0 Å². The minimum Gasteiger partial charge on any atom is -0.0636 e. The molecule has 0 nitrogen and oxygen atoms in total. The zero-order valence-corrected chi connectivity index (χ0v) is 38.1. The Hall–Kier alpha value is -7.32. The van der Waals surface area contributed by atoms with Crippen molar-refractivity contribution in [2.75, 3.05) is 0 Å². The van der Waals surface area contributed by atoms with Crippen molar-refractivity contribution in [1.29, 1.82) is 0 Å². The van der Waals surface area contributed by atoms with Crippen LogP contribution in [0.2, 0.25) is 0 Å². The number of hydrogen-bond donors (Lipinski definition) is 0. The fourth-order valence-electron chi connectivity index (χ4n) is 10.4. The van der Waals surface area contributed by atoms with Gasteiger partial charge in [-0.25, -0.2) is 0 Å². The van der Waals surface area contributed by atoms with Crippen LogP contribution < -0.4 is 15.6 Å². The Balaban J connectivity index is 1.50. The van der Waals surface area contributed by atoms with Gasteiger partial charge in [-0.1, -0.05) is 260 Å². The minimum atomic E-state index is -3.54. The van der Waals surface area contributed by atoms with Crippen molar-refractivity contribution < 1.29 is 0 Å². The van der Waals surface area contributed by atoms with Gasteiger partial charge in [-0.3, -0.25) is 0 Å². The number of hydrogen-bond acceptors (Lipinski definition) is 0. The van der Waals surface area contributed by atoms with Gasteiger partial charge in [0.2, 0.25) is 0 Å². The summed E-state index contributed by atoms with van der Waals surface area (Å²) in [5, 5.41) is 5.74. The molecule has 0 saturated heterocycles. The molecule has 0 aliphatic heterocycles. The Morgan fingerprint density at radius 1 is 0.281 bits per heavy atom. The third kappa shape index (κ3) is 7.22. The molecular formula is C63H52Si. The lowest BCUT2D eigenvalue weighted by molar-refractivity contribution is 0.852. The summed E-state index contributed by atoms with van der Waals surface area (Å²) in [7, 11) is -3.54. The lowest BCUT2D eigenvalue weighted by Crippen LogP contribution is -2.71. The van der Waals surface area contributed by atoms with Crippen molar-refractivity contribution >= 4 is 23.6 Å². The molecule has 0 saturated carbocycles. The molecule has 9 aromatic rings. The molecular weight excluding hydrogens is 785 g/mol. The molecule has 0 amide bonds. The Kier molecular flexibility index (Phi) is 11.1. The van der Waals surface area contributed by atoms with Gasteiger partial charge in [-0.2, -0.15) is 0 Å². The first-order chi connectivity index (χ1) is 31.4. The highest BCUT2D eigenvalue weighted by Gasteiger charge is 2.52. The quantitative estimate of drug-likeness (QED) is 0.0951. The first-order valence-electron chi connectivity index (χ1n) is 22.6. The SMILES string of the molecule is CC1=C(C)C(C)C([Si](c2cc(-c3ccccc3)ccc2-c2ccccc2)(c2cc(-c3ccccc3)ccc2-c2ccccc2)c2cc(-c3ccccc3)ccc2-c2ccccc2)=C1C. The van der Waals surface area contributed by atoms with E-state index in [-0.39, 0.29) is 5.92 Å². The highest BCUT2D eigenvalue weighted by atomic mass is 28.3. The molecule has 0 N–H and O–H groups in total. The van der Waals surface area contributed by atoms with Gasteiger partial charge < -0.3 is 0 Å². The molecule has 1 unspecified atom stereocenters. The fraction of sp³-hybridized carbons (Fsp3) is 0.0794. The molecule has 0 spiro atoms. The Morgan fingerprint density at radius 2 is 0.547 bits per heavy atom. The van der Waals surface area contributed by atoms with Gasteiger partial charge in [-0.05, 0) is 115 Å². The second-order valence-electron chi connectivity index (χ2n) is 17.3. The van der Waals surface area contributed by atoms with E-state index in [4.69, 9.17) is 0 Å². The lowest BCUT2D eigenvalue weighted by Gasteiger charge is -2.43. The highest BCUT2D eigenvalue weighted by Crippen LogP contribution is 2.45. The van der Waals surface area contributed by atoms with Crippen LogP contribution in [0.15, 0.2) is 259 Å². The van der Waals surface area contributed by atoms with Crippen molar-refractivity contribution in [2.24, 2.45) is 5.92 Å². The fourth-order valence-corrected chi connectivity index (χ4v) is 16.8. The van der Waals surface area contributed by atoms with Crippen LogP contribution in [-0.2, 0) is 0 Å². The van der Waals surface area contributed by atoms with Crippen LogP contribution in [0.1, 0.15) is 27.7 Å². The van der Waals surface area contributed by atoms with E-state index >= 15 is 0 Å². The largest absolute Gasteiger partial charge is 0.178 e. The monoisotopic (exact) mass is 836 g/mol. The molecule has 0 fully saturated rings. The maximum Gasteiger partial charge on any atom is 0.178 e. The number of rotatable bonds is 10. The smallest absolute Gasteiger partial charge is 0.0636 e. The molecule has 1 aliphatic carbocycles. The van der Waals surface area contributed by atoms with Crippen LogP contribution >= 0.6 is 0 Å². The molecule has 9 aromatic carbocycles. The van der Waals surface area contributed by atoms with Crippen molar-refractivity contribution in [3.63, 3.8) is 0 Å². The van der Waals surface area contributed by atoms with Crippen LogP contribution in [-0.4, -0.2) is 8.07 Å². The van der Waals surface area contributed by atoms with Gasteiger partial charge in [0.05, 0.1) is 0 Å². The van der Waals surface area contributed by atoms with E-state index in [0.717, 1.165) is 0 Å². The van der Waals surface area contributed by atoms with E-state index in [1.165, 1.54) is 99.0 Å². The molecule has 308 valence electrons. The predicted molar refractivity (Wildman–Crippen MR) is 277 cm³/mol. The number of benzene rings is 9. The third-order valence-corrected chi connectivity index (χ3v) is 19.2. The van der Waals surface area contributed by atoms with Crippen molar-refractivity contribution in [3.05, 3.63) is 259 Å². The summed E-state index contributed by atoms with van der Waals surface area (Å²) < 4.78 is 0. The summed E-state index contributed by atoms with van der Waals surface area (Å²) in [5.41, 5.74) is 19.1. The van der Waals surface area contributed by atoms with E-state index in [1.54, 1.807) is 5.20 Å². The summed E-state index contributed by atoms with van der Waals surface area (Å²) in [6.45, 7) is 9.66. The second kappa shape index (κ2) is 17.4. The zero-order chi connectivity index (χ0) is 43.6. The maximum absolute atomic E-state index is 3.54. The molecule has 0 aromatic heterocycles. The minimum absolute atomic E-state index is 0.184. The Labute approximate surface area is 380 Å². The van der Waals surface area contributed by atoms with E-state index < -0.39 is 8.07 Å². The summed E-state index contributed by atoms with van der Waals surface area (Å²) >= 11 is 0. The van der Waals surface area contributed by atoms with Gasteiger partial charge in [0, 0.05) is 0 Å². The van der Waals surface area contributed by atoms with Gasteiger partial charge in [-0.15, -0.1) is 0 Å². The molecule has 1 heteroatoms. The van der Waals surface area contributed by atoms with Gasteiger partial charge in [0.15, 0.2) is 8.07 Å². The topological polar surface area (TPSA) is 0 Å². The maximum atomic E-state index is 2.60. The molecule has 1 aliphatic rings. The summed E-state index contributed by atoms with van der Waals surface area (Å²) in [6, 6.07) is 88.6. The van der Waals surface area contributed by atoms with Crippen LogP contribution in [0, 0.1) is 5.92 Å². The molecule has 0 heterocycles.